The van der Waals surface area contributed by atoms with Crippen LogP contribution >= 0.6 is 0 Å². The van der Waals surface area contributed by atoms with Gasteiger partial charge in [-0.2, -0.15) is 0 Å². The van der Waals surface area contributed by atoms with E-state index in [1.807, 2.05) is 46.2 Å². The molecule has 2 aliphatic rings. The Kier molecular flexibility index (Phi) is 5.60. The van der Waals surface area contributed by atoms with E-state index in [0.29, 0.717) is 11.3 Å². The van der Waals surface area contributed by atoms with Gasteiger partial charge in [0, 0.05) is 30.9 Å². The fourth-order valence-electron chi connectivity index (χ4n) is 4.24. The largest absolute Gasteiger partial charge is 0.339 e. The summed E-state index contributed by atoms with van der Waals surface area (Å²) in [4.78, 5) is 29.4. The molecular weight excluding hydrogens is 350 g/mol. The average molecular weight is 377 g/mol. The molecular formula is C23H27N3O2. The summed E-state index contributed by atoms with van der Waals surface area (Å²) in [6.45, 7) is 2.39. The lowest BCUT2D eigenvalue weighted by Crippen LogP contribution is -2.36. The van der Waals surface area contributed by atoms with Crippen molar-refractivity contribution in [3.63, 3.8) is 0 Å². The molecule has 4 rings (SSSR count). The molecule has 0 unspecified atom stereocenters. The maximum atomic E-state index is 12.9. The van der Waals surface area contributed by atoms with Crippen LogP contribution in [0.25, 0.3) is 0 Å². The second-order valence-electron chi connectivity index (χ2n) is 7.63. The standard InChI is InChI=1S/C23H27N3O2/c27-22(25-14-5-2-6-15-25)19-11-7-12-20(17-19)24-23(28)26-16-8-13-21(26)18-9-3-1-4-10-18/h1,3-4,7,9-12,17,21H,2,5-6,8,13-16H2,(H,24,28)/t21-/m0/s1. The van der Waals surface area contributed by atoms with E-state index in [-0.39, 0.29) is 18.0 Å². The van der Waals surface area contributed by atoms with E-state index in [9.17, 15) is 9.59 Å². The first-order valence-electron chi connectivity index (χ1n) is 10.2. The van der Waals surface area contributed by atoms with Crippen molar-refractivity contribution in [3.8, 4) is 0 Å². The molecule has 2 fully saturated rings. The number of nitrogens with zero attached hydrogens (tertiary/aromatic N) is 2. The highest BCUT2D eigenvalue weighted by atomic mass is 16.2. The Bertz CT molecular complexity index is 831. The van der Waals surface area contributed by atoms with E-state index in [4.69, 9.17) is 0 Å². The fourth-order valence-corrected chi connectivity index (χ4v) is 4.24. The first kappa shape index (κ1) is 18.5. The van der Waals surface area contributed by atoms with Crippen LogP contribution in [0.4, 0.5) is 10.5 Å². The number of carbonyl (C=O) groups excluding carboxylic acids is 2. The van der Waals surface area contributed by atoms with E-state index in [0.717, 1.165) is 45.3 Å². The van der Waals surface area contributed by atoms with E-state index < -0.39 is 0 Å². The molecule has 0 spiro atoms. The van der Waals surface area contributed by atoms with Gasteiger partial charge in [-0.15, -0.1) is 0 Å². The van der Waals surface area contributed by atoms with Gasteiger partial charge < -0.3 is 15.1 Å². The summed E-state index contributed by atoms with van der Waals surface area (Å²) >= 11 is 0. The van der Waals surface area contributed by atoms with Crippen LogP contribution in [0.15, 0.2) is 54.6 Å². The molecule has 0 aromatic heterocycles. The van der Waals surface area contributed by atoms with E-state index in [1.165, 1.54) is 12.0 Å². The molecule has 3 amide bonds. The Morgan fingerprint density at radius 1 is 0.857 bits per heavy atom. The highest BCUT2D eigenvalue weighted by molar-refractivity contribution is 5.97. The zero-order chi connectivity index (χ0) is 19.3. The molecule has 1 atom stereocenters. The number of likely N-dealkylation sites (tertiary alicyclic amines) is 2. The zero-order valence-electron chi connectivity index (χ0n) is 16.1. The van der Waals surface area contributed by atoms with Crippen LogP contribution in [0, 0.1) is 0 Å². The predicted molar refractivity (Wildman–Crippen MR) is 110 cm³/mol. The second kappa shape index (κ2) is 8.46. The molecule has 5 nitrogen and oxygen atoms in total. The van der Waals surface area contributed by atoms with Crippen LogP contribution in [-0.4, -0.2) is 41.4 Å². The minimum Gasteiger partial charge on any atom is -0.339 e. The van der Waals surface area contributed by atoms with E-state index >= 15 is 0 Å². The van der Waals surface area contributed by atoms with Crippen LogP contribution < -0.4 is 5.32 Å². The molecule has 5 heteroatoms. The van der Waals surface area contributed by atoms with Crippen LogP contribution in [0.2, 0.25) is 0 Å². The zero-order valence-corrected chi connectivity index (χ0v) is 16.1. The molecule has 146 valence electrons. The Balaban J connectivity index is 1.45. The maximum absolute atomic E-state index is 12.9. The number of anilines is 1. The molecule has 0 aliphatic carbocycles. The number of carbonyl (C=O) groups is 2. The summed E-state index contributed by atoms with van der Waals surface area (Å²) in [6.07, 6.45) is 5.31. The Labute approximate surface area is 166 Å². The van der Waals surface area contributed by atoms with Gasteiger partial charge in [-0.1, -0.05) is 36.4 Å². The Morgan fingerprint density at radius 2 is 1.64 bits per heavy atom. The van der Waals surface area contributed by atoms with Crippen molar-refractivity contribution in [1.29, 1.82) is 0 Å². The molecule has 0 bridgehead atoms. The summed E-state index contributed by atoms with van der Waals surface area (Å²) in [7, 11) is 0. The first-order chi connectivity index (χ1) is 13.7. The Morgan fingerprint density at radius 3 is 2.43 bits per heavy atom. The van der Waals surface area contributed by atoms with Gasteiger partial charge >= 0.3 is 6.03 Å². The van der Waals surface area contributed by atoms with E-state index in [2.05, 4.69) is 17.4 Å². The SMILES string of the molecule is O=C(c1cccc(NC(=O)N2CCC[C@H]2c2ccccc2)c1)N1CCCCC1. The lowest BCUT2D eigenvalue weighted by Gasteiger charge is -2.27. The number of piperidine rings is 1. The van der Waals surface area contributed by atoms with Crippen molar-refractivity contribution in [2.45, 2.75) is 38.1 Å². The summed E-state index contributed by atoms with van der Waals surface area (Å²) < 4.78 is 0. The Hall–Kier alpha value is -2.82. The smallest absolute Gasteiger partial charge is 0.322 e. The molecule has 2 aromatic carbocycles. The fraction of sp³-hybridized carbons (Fsp3) is 0.391. The lowest BCUT2D eigenvalue weighted by molar-refractivity contribution is 0.0724. The van der Waals surface area contributed by atoms with Crippen molar-refractivity contribution < 1.29 is 9.59 Å². The van der Waals surface area contributed by atoms with E-state index in [1.54, 1.807) is 6.07 Å². The monoisotopic (exact) mass is 377 g/mol. The van der Waals surface area contributed by atoms with Crippen molar-refractivity contribution in [3.05, 3.63) is 65.7 Å². The summed E-state index contributed by atoms with van der Waals surface area (Å²) in [6, 6.07) is 17.5. The molecule has 2 aromatic rings. The highest BCUT2D eigenvalue weighted by Crippen LogP contribution is 2.32. The minimum absolute atomic E-state index is 0.0548. The third-order valence-electron chi connectivity index (χ3n) is 5.70. The molecule has 2 saturated heterocycles. The van der Waals surface area contributed by atoms with Gasteiger partial charge in [0.1, 0.15) is 0 Å². The van der Waals surface area contributed by atoms with Gasteiger partial charge in [0.05, 0.1) is 6.04 Å². The van der Waals surface area contributed by atoms with Crippen LogP contribution in [-0.2, 0) is 0 Å². The van der Waals surface area contributed by atoms with Crippen LogP contribution in [0.5, 0.6) is 0 Å². The molecule has 2 heterocycles. The first-order valence-corrected chi connectivity index (χ1v) is 10.2. The summed E-state index contributed by atoms with van der Waals surface area (Å²) in [5.41, 5.74) is 2.48. The van der Waals surface area contributed by atoms with Gasteiger partial charge in [0.25, 0.3) is 5.91 Å². The van der Waals surface area contributed by atoms with Crippen LogP contribution in [0.1, 0.15) is 54.1 Å². The highest BCUT2D eigenvalue weighted by Gasteiger charge is 2.30. The summed E-state index contributed by atoms with van der Waals surface area (Å²) in [5.74, 6) is 0.0548. The van der Waals surface area contributed by atoms with Crippen molar-refractivity contribution >= 4 is 17.6 Å². The molecule has 0 saturated carbocycles. The third-order valence-corrected chi connectivity index (χ3v) is 5.70. The number of hydrogen-bond acceptors (Lipinski definition) is 2. The lowest BCUT2D eigenvalue weighted by atomic mass is 10.1. The number of nitrogens with one attached hydrogen (secondary N) is 1. The average Bonchev–Trinajstić information content (AvgIpc) is 3.25. The third kappa shape index (κ3) is 4.03. The number of urea groups is 1. The van der Waals surface area contributed by atoms with Gasteiger partial charge in [-0.3, -0.25) is 4.79 Å². The molecule has 1 N–H and O–H groups in total. The number of benzene rings is 2. The van der Waals surface area contributed by atoms with Gasteiger partial charge in [0.2, 0.25) is 0 Å². The number of rotatable bonds is 3. The molecule has 28 heavy (non-hydrogen) atoms. The second-order valence-corrected chi connectivity index (χ2v) is 7.63. The van der Waals surface area contributed by atoms with Crippen molar-refractivity contribution in [2.24, 2.45) is 0 Å². The topological polar surface area (TPSA) is 52.7 Å². The molecule has 0 radical (unpaired) electrons. The maximum Gasteiger partial charge on any atom is 0.322 e. The number of hydrogen-bond donors (Lipinski definition) is 1. The van der Waals surface area contributed by atoms with Gasteiger partial charge in [0.15, 0.2) is 0 Å². The van der Waals surface area contributed by atoms with Crippen LogP contribution in [0.3, 0.4) is 0 Å². The molecule has 2 aliphatic heterocycles. The van der Waals surface area contributed by atoms with Crippen molar-refractivity contribution in [1.82, 2.24) is 9.80 Å². The van der Waals surface area contributed by atoms with Gasteiger partial charge in [-0.25, -0.2) is 4.79 Å². The predicted octanol–water partition coefficient (Wildman–Crippen LogP) is 4.68. The minimum atomic E-state index is -0.103. The van der Waals surface area contributed by atoms with Gasteiger partial charge in [-0.05, 0) is 55.9 Å². The normalized spacial score (nSPS) is 19.5. The quantitative estimate of drug-likeness (QED) is 0.844. The summed E-state index contributed by atoms with van der Waals surface area (Å²) in [5, 5.41) is 3.00. The number of amides is 3. The van der Waals surface area contributed by atoms with Crippen molar-refractivity contribution in [2.75, 3.05) is 25.0 Å².